The molecule has 0 heterocycles. The van der Waals surface area contributed by atoms with Crippen molar-refractivity contribution in [3.63, 3.8) is 0 Å². The van der Waals surface area contributed by atoms with Crippen LogP contribution in [0, 0.1) is 5.41 Å². The molecule has 0 radical (unpaired) electrons. The number of hydrogen-bond acceptors (Lipinski definition) is 5. The van der Waals surface area contributed by atoms with Gasteiger partial charge in [0.2, 0.25) is 0 Å². The Morgan fingerprint density at radius 1 is 1.30 bits per heavy atom. The van der Waals surface area contributed by atoms with Crippen LogP contribution < -0.4 is 15.2 Å². The second kappa shape index (κ2) is 6.13. The van der Waals surface area contributed by atoms with E-state index < -0.39 is 5.97 Å². The van der Waals surface area contributed by atoms with E-state index in [4.69, 9.17) is 15.2 Å². The molecule has 0 amide bonds. The molecule has 5 nitrogen and oxygen atoms in total. The first kappa shape index (κ1) is 14.7. The average molecular weight is 279 g/mol. The van der Waals surface area contributed by atoms with E-state index >= 15 is 0 Å². The molecular weight excluding hydrogens is 258 g/mol. The van der Waals surface area contributed by atoms with Crippen LogP contribution in [0.15, 0.2) is 18.2 Å². The van der Waals surface area contributed by atoms with Crippen LogP contribution in [0.5, 0.6) is 11.5 Å². The number of carbonyl (C=O) groups excluding carboxylic acids is 1. The summed E-state index contributed by atoms with van der Waals surface area (Å²) in [6.45, 7) is 1.22. The number of benzene rings is 1. The quantitative estimate of drug-likeness (QED) is 0.806. The normalized spacial score (nSPS) is 16.1. The van der Waals surface area contributed by atoms with Gasteiger partial charge in [0.1, 0.15) is 0 Å². The van der Waals surface area contributed by atoms with Crippen molar-refractivity contribution in [3.05, 3.63) is 23.8 Å². The Hall–Kier alpha value is -1.75. The maximum absolute atomic E-state index is 11.5. The first-order valence-corrected chi connectivity index (χ1v) is 6.73. The van der Waals surface area contributed by atoms with E-state index in [-0.39, 0.29) is 5.41 Å². The summed E-state index contributed by atoms with van der Waals surface area (Å²) in [7, 11) is 2.89. The number of ether oxygens (including phenoxy) is 3. The van der Waals surface area contributed by atoms with Crippen LogP contribution in [0.2, 0.25) is 0 Å². The Balaban J connectivity index is 2.09. The zero-order valence-electron chi connectivity index (χ0n) is 12.0. The highest BCUT2D eigenvalue weighted by Gasteiger charge is 2.36. The van der Waals surface area contributed by atoms with Gasteiger partial charge in [0.15, 0.2) is 11.5 Å². The van der Waals surface area contributed by atoms with Gasteiger partial charge in [0.25, 0.3) is 0 Å². The highest BCUT2D eigenvalue weighted by atomic mass is 16.5. The SMILES string of the molecule is COC(=O)c1ccc(OCC2(CN)CCC2)c(OC)c1. The maximum atomic E-state index is 11.5. The maximum Gasteiger partial charge on any atom is 0.337 e. The van der Waals surface area contributed by atoms with Crippen molar-refractivity contribution in [1.29, 1.82) is 0 Å². The van der Waals surface area contributed by atoms with E-state index in [2.05, 4.69) is 4.74 Å². The standard InChI is InChI=1S/C15H21NO4/c1-18-13-8-11(14(17)19-2)4-5-12(13)20-10-15(9-16)6-3-7-15/h4-5,8H,3,6-7,9-10,16H2,1-2H3. The van der Waals surface area contributed by atoms with Crippen LogP contribution in [0.1, 0.15) is 29.6 Å². The van der Waals surface area contributed by atoms with Crippen molar-refractivity contribution in [2.24, 2.45) is 11.1 Å². The lowest BCUT2D eigenvalue weighted by atomic mass is 9.69. The van der Waals surface area contributed by atoms with Crippen LogP contribution in [-0.4, -0.2) is 33.3 Å². The van der Waals surface area contributed by atoms with Gasteiger partial charge in [-0.15, -0.1) is 0 Å². The summed E-state index contributed by atoms with van der Waals surface area (Å²) in [5.41, 5.74) is 6.35. The summed E-state index contributed by atoms with van der Waals surface area (Å²) in [5, 5.41) is 0. The molecule has 0 aliphatic heterocycles. The third kappa shape index (κ3) is 2.88. The van der Waals surface area contributed by atoms with Gasteiger partial charge in [-0.25, -0.2) is 4.79 Å². The van der Waals surface area contributed by atoms with Gasteiger partial charge < -0.3 is 19.9 Å². The summed E-state index contributed by atoms with van der Waals surface area (Å²) in [6.07, 6.45) is 3.41. The van der Waals surface area contributed by atoms with E-state index in [1.807, 2.05) is 0 Å². The van der Waals surface area contributed by atoms with Gasteiger partial charge >= 0.3 is 5.97 Å². The zero-order chi connectivity index (χ0) is 14.6. The number of carbonyl (C=O) groups is 1. The first-order valence-electron chi connectivity index (χ1n) is 6.73. The van der Waals surface area contributed by atoms with E-state index in [1.165, 1.54) is 13.5 Å². The molecule has 2 N–H and O–H groups in total. The molecule has 1 aliphatic rings. The van der Waals surface area contributed by atoms with Crippen molar-refractivity contribution in [1.82, 2.24) is 0 Å². The van der Waals surface area contributed by atoms with Crippen LogP contribution in [0.3, 0.4) is 0 Å². The third-order valence-electron chi connectivity index (χ3n) is 3.97. The molecule has 0 unspecified atom stereocenters. The van der Waals surface area contributed by atoms with E-state index in [0.717, 1.165) is 12.8 Å². The molecule has 1 fully saturated rings. The molecule has 2 rings (SSSR count). The molecule has 1 aliphatic carbocycles. The lowest BCUT2D eigenvalue weighted by Gasteiger charge is -2.40. The number of hydrogen-bond donors (Lipinski definition) is 1. The second-order valence-corrected chi connectivity index (χ2v) is 5.20. The predicted molar refractivity (Wildman–Crippen MR) is 75.2 cm³/mol. The van der Waals surface area contributed by atoms with Gasteiger partial charge in [-0.2, -0.15) is 0 Å². The lowest BCUT2D eigenvalue weighted by Crippen LogP contribution is -2.42. The fourth-order valence-corrected chi connectivity index (χ4v) is 2.35. The van der Waals surface area contributed by atoms with E-state index in [0.29, 0.717) is 30.2 Å². The largest absolute Gasteiger partial charge is 0.493 e. The van der Waals surface area contributed by atoms with Gasteiger partial charge in [0.05, 0.1) is 26.4 Å². The lowest BCUT2D eigenvalue weighted by molar-refractivity contribution is 0.0597. The highest BCUT2D eigenvalue weighted by molar-refractivity contribution is 5.90. The van der Waals surface area contributed by atoms with Gasteiger partial charge in [-0.1, -0.05) is 6.42 Å². The average Bonchev–Trinajstić information content (AvgIpc) is 2.45. The highest BCUT2D eigenvalue weighted by Crippen LogP contribution is 2.41. The summed E-state index contributed by atoms with van der Waals surface area (Å²) in [4.78, 5) is 11.5. The fraction of sp³-hybridized carbons (Fsp3) is 0.533. The second-order valence-electron chi connectivity index (χ2n) is 5.20. The van der Waals surface area contributed by atoms with Gasteiger partial charge in [-0.05, 0) is 31.0 Å². The molecule has 20 heavy (non-hydrogen) atoms. The summed E-state index contributed by atoms with van der Waals surface area (Å²) in [5.74, 6) is 0.756. The Bertz CT molecular complexity index is 477. The minimum absolute atomic E-state index is 0.103. The Morgan fingerprint density at radius 2 is 2.05 bits per heavy atom. The monoisotopic (exact) mass is 279 g/mol. The van der Waals surface area contributed by atoms with Crippen LogP contribution in [0.4, 0.5) is 0 Å². The third-order valence-corrected chi connectivity index (χ3v) is 3.97. The fourth-order valence-electron chi connectivity index (χ4n) is 2.35. The number of methoxy groups -OCH3 is 2. The van der Waals surface area contributed by atoms with Crippen LogP contribution in [-0.2, 0) is 4.74 Å². The summed E-state index contributed by atoms with van der Waals surface area (Å²) in [6, 6.07) is 5.02. The van der Waals surface area contributed by atoms with E-state index in [9.17, 15) is 4.79 Å². The molecule has 0 spiro atoms. The molecule has 5 heteroatoms. The molecule has 110 valence electrons. The van der Waals surface area contributed by atoms with Crippen molar-refractivity contribution >= 4 is 5.97 Å². The minimum Gasteiger partial charge on any atom is -0.493 e. The molecule has 0 atom stereocenters. The van der Waals surface area contributed by atoms with Crippen molar-refractivity contribution in [2.75, 3.05) is 27.4 Å². The van der Waals surface area contributed by atoms with Crippen molar-refractivity contribution < 1.29 is 19.0 Å². The molecule has 1 saturated carbocycles. The Kier molecular flexibility index (Phi) is 4.49. The molecular formula is C15H21NO4. The minimum atomic E-state index is -0.396. The number of esters is 1. The molecule has 0 bridgehead atoms. The summed E-state index contributed by atoms with van der Waals surface area (Å²) < 4.78 is 15.8. The van der Waals surface area contributed by atoms with Crippen LogP contribution in [0.25, 0.3) is 0 Å². The number of rotatable bonds is 6. The topological polar surface area (TPSA) is 70.8 Å². The van der Waals surface area contributed by atoms with Gasteiger partial charge in [0, 0.05) is 12.0 Å². The smallest absolute Gasteiger partial charge is 0.337 e. The van der Waals surface area contributed by atoms with Crippen molar-refractivity contribution in [2.45, 2.75) is 19.3 Å². The molecule has 1 aromatic rings. The van der Waals surface area contributed by atoms with Crippen molar-refractivity contribution in [3.8, 4) is 11.5 Å². The Labute approximate surface area is 119 Å². The zero-order valence-corrected chi connectivity index (χ0v) is 12.0. The first-order chi connectivity index (χ1) is 9.64. The van der Waals surface area contributed by atoms with Gasteiger partial charge in [-0.3, -0.25) is 0 Å². The summed E-state index contributed by atoms with van der Waals surface area (Å²) >= 11 is 0. The number of nitrogens with two attached hydrogens (primary N) is 1. The predicted octanol–water partition coefficient (Wildman–Crippen LogP) is 1.99. The van der Waals surface area contributed by atoms with Crippen LogP contribution >= 0.6 is 0 Å². The molecule has 0 aromatic heterocycles. The molecule has 0 saturated heterocycles. The Morgan fingerprint density at radius 3 is 2.55 bits per heavy atom. The molecule has 1 aromatic carbocycles. The van der Waals surface area contributed by atoms with E-state index in [1.54, 1.807) is 25.3 Å².